The van der Waals surface area contributed by atoms with Gasteiger partial charge in [0.05, 0.1) is 16.9 Å². The zero-order valence-corrected chi connectivity index (χ0v) is 31.7. The molecule has 0 atom stereocenters. The number of hydrogen-bond donors (Lipinski definition) is 0. The van der Waals surface area contributed by atoms with Crippen molar-refractivity contribution in [2.24, 2.45) is 5.41 Å². The van der Waals surface area contributed by atoms with Gasteiger partial charge >= 0.3 is 0 Å². The molecule has 259 valence electrons. The minimum Gasteiger partial charge on any atom is -0.333 e. The molecule has 2 aromatic heterocycles. The maximum Gasteiger partial charge on any atom is 0.0774 e. The Morgan fingerprint density at radius 2 is 1.38 bits per heavy atom. The Kier molecular flexibility index (Phi) is 9.47. The van der Waals surface area contributed by atoms with Crippen LogP contribution in [0, 0.1) is 24.4 Å². The van der Waals surface area contributed by atoms with Crippen molar-refractivity contribution in [3.63, 3.8) is 0 Å². The minimum atomic E-state index is -2.24. The van der Waals surface area contributed by atoms with Crippen molar-refractivity contribution in [1.29, 1.82) is 0 Å². The molecule has 0 N–H and O–H groups in total. The topological polar surface area (TPSA) is 30.7 Å². The summed E-state index contributed by atoms with van der Waals surface area (Å²) in [7, 11) is 0. The number of rotatable bonds is 6. The number of nitrogens with zero attached hydrogens (tertiary/aromatic N) is 3. The molecule has 0 spiro atoms. The molecule has 0 saturated carbocycles. The number of imidazole rings is 1. The van der Waals surface area contributed by atoms with Crippen LogP contribution in [-0.2, 0) is 26.5 Å². The van der Waals surface area contributed by atoms with E-state index in [0.29, 0.717) is 11.1 Å². The molecule has 0 bridgehead atoms. The third kappa shape index (κ3) is 8.54. The summed E-state index contributed by atoms with van der Waals surface area (Å²) in [6.07, 6.45) is 0.473. The van der Waals surface area contributed by atoms with Crippen LogP contribution in [0.3, 0.4) is 0 Å². The van der Waals surface area contributed by atoms with Gasteiger partial charge in [-0.15, -0.1) is 65.2 Å². The van der Waals surface area contributed by atoms with Gasteiger partial charge < -0.3 is 9.55 Å². The summed E-state index contributed by atoms with van der Waals surface area (Å²) in [6.45, 7) is 3.53. The molecule has 3 nitrogen and oxygen atoms in total. The predicted octanol–water partition coefficient (Wildman–Crippen LogP) is 12.3. The summed E-state index contributed by atoms with van der Waals surface area (Å²) in [4.78, 5) is 9.41. The smallest absolute Gasteiger partial charge is 0.0774 e. The van der Waals surface area contributed by atoms with E-state index in [0.717, 1.165) is 56.1 Å². The van der Waals surface area contributed by atoms with Crippen molar-refractivity contribution in [2.75, 3.05) is 0 Å². The van der Waals surface area contributed by atoms with E-state index in [4.69, 9.17) is 11.8 Å². The van der Waals surface area contributed by atoms with Crippen LogP contribution < -0.4 is 0 Å². The second kappa shape index (κ2) is 16.3. The summed E-state index contributed by atoms with van der Waals surface area (Å²) >= 11 is 0. The summed E-state index contributed by atoms with van der Waals surface area (Å²) < 4.78 is 42.8. The maximum atomic E-state index is 8.37. The molecule has 6 aromatic carbocycles. The summed E-state index contributed by atoms with van der Waals surface area (Å²) in [5.41, 5.74) is 9.55. The van der Waals surface area contributed by atoms with Crippen molar-refractivity contribution in [2.45, 2.75) is 34.0 Å². The van der Waals surface area contributed by atoms with E-state index >= 15 is 0 Å². The molecule has 0 aliphatic heterocycles. The number of para-hydroxylation sites is 3. The number of hydrogen-bond acceptors (Lipinski definition) is 2. The predicted molar refractivity (Wildman–Crippen MR) is 213 cm³/mol. The van der Waals surface area contributed by atoms with Crippen LogP contribution in [0.2, 0.25) is 0 Å². The number of fused-ring (bicyclic) bond motifs is 1. The van der Waals surface area contributed by atoms with Gasteiger partial charge in [-0.25, -0.2) is 0 Å². The Hall–Kier alpha value is -5.41. The molecule has 52 heavy (non-hydrogen) atoms. The van der Waals surface area contributed by atoms with Gasteiger partial charge in [-0.2, -0.15) is 0 Å². The van der Waals surface area contributed by atoms with E-state index in [2.05, 4.69) is 21.7 Å². The molecule has 0 fully saturated rings. The Morgan fingerprint density at radius 3 is 2.06 bits per heavy atom. The van der Waals surface area contributed by atoms with Gasteiger partial charge in [0.25, 0.3) is 0 Å². The van der Waals surface area contributed by atoms with Gasteiger partial charge in [0.15, 0.2) is 0 Å². The fourth-order valence-corrected chi connectivity index (χ4v) is 5.98. The molecule has 0 saturated heterocycles. The molecule has 0 unspecified atom stereocenters. The van der Waals surface area contributed by atoms with Gasteiger partial charge in [0, 0.05) is 38.8 Å². The summed E-state index contributed by atoms with van der Waals surface area (Å²) in [5.74, 6) is 0.724. The maximum absolute atomic E-state index is 8.37. The first-order valence-electron chi connectivity index (χ1n) is 19.5. The molecular formula is C48H41IrN3-2. The first-order chi connectivity index (χ1) is 26.8. The molecule has 8 aromatic rings. The van der Waals surface area contributed by atoms with Crippen molar-refractivity contribution in [3.05, 3.63) is 187 Å². The van der Waals surface area contributed by atoms with E-state index < -0.39 is 18.6 Å². The van der Waals surface area contributed by atoms with Crippen LogP contribution in [0.25, 0.3) is 61.6 Å². The number of aryl methyl sites for hydroxylation is 1. The minimum absolute atomic E-state index is 0. The normalized spacial score (nSPS) is 12.9. The molecule has 2 heterocycles. The summed E-state index contributed by atoms with van der Waals surface area (Å²) in [6, 6.07) is 56.9. The third-order valence-corrected chi connectivity index (χ3v) is 8.34. The van der Waals surface area contributed by atoms with Crippen LogP contribution in [-0.4, -0.2) is 14.5 Å². The molecule has 0 aliphatic carbocycles. The second-order valence-electron chi connectivity index (χ2n) is 13.3. The first-order valence-corrected chi connectivity index (χ1v) is 17.0. The number of benzene rings is 6. The largest absolute Gasteiger partial charge is 0.333 e. The van der Waals surface area contributed by atoms with Gasteiger partial charge in [-0.3, -0.25) is 4.98 Å². The SMILES string of the molecule is [2H]C([2H])([2H])c1c[c-]c(-c2nc3ccccc3n2-c2ccccc2)cc1-c1ccccc1.[2H]C([2H])(c1ccc(-c2ccc(-c3[c-]cccc3)nc2)cc1)C(C)(C)C.[Ir]. The Bertz CT molecular complexity index is 2550. The molecular weight excluding hydrogens is 811 g/mol. The van der Waals surface area contributed by atoms with Crippen molar-refractivity contribution >= 4 is 11.0 Å². The number of aromatic nitrogens is 3. The average Bonchev–Trinajstić information content (AvgIpc) is 3.61. The fraction of sp³-hybridized carbons (Fsp3) is 0.125. The Morgan fingerprint density at radius 1 is 0.692 bits per heavy atom. The quantitative estimate of drug-likeness (QED) is 0.156. The zero-order valence-electron chi connectivity index (χ0n) is 34.3. The molecule has 1 radical (unpaired) electrons. The monoisotopic (exact) mass is 857 g/mol. The van der Waals surface area contributed by atoms with Crippen LogP contribution >= 0.6 is 0 Å². The Labute approximate surface area is 328 Å². The van der Waals surface area contributed by atoms with Gasteiger partial charge in [0.1, 0.15) is 0 Å². The van der Waals surface area contributed by atoms with E-state index in [1.807, 2.05) is 179 Å². The van der Waals surface area contributed by atoms with E-state index in [1.165, 1.54) is 0 Å². The zero-order chi connectivity index (χ0) is 39.5. The van der Waals surface area contributed by atoms with Crippen LogP contribution in [0.15, 0.2) is 164 Å². The molecule has 0 amide bonds. The van der Waals surface area contributed by atoms with Crippen molar-refractivity contribution < 1.29 is 27.0 Å². The van der Waals surface area contributed by atoms with Crippen molar-refractivity contribution in [1.82, 2.24) is 14.5 Å². The number of pyridine rings is 1. The standard InChI is InChI=1S/C26H19N2.C22H22N.Ir/c1-19-16-17-21(18-23(19)20-10-4-2-5-11-20)26-27-24-14-8-9-15-25(24)28(26)22-12-6-3-7-13-22;1-22(2,3)15-17-9-11-18(12-10-17)20-13-14-21(23-16-20)19-7-5-4-6-8-19;/h2-16,18H,1H3;4-7,9-14,16H,15H2,1-3H3;/q2*-1;/i1D3;15D2;. The second-order valence-corrected chi connectivity index (χ2v) is 13.3. The fourth-order valence-electron chi connectivity index (χ4n) is 5.98. The summed E-state index contributed by atoms with van der Waals surface area (Å²) in [5, 5.41) is 0. The van der Waals surface area contributed by atoms with Crippen LogP contribution in [0.5, 0.6) is 0 Å². The van der Waals surface area contributed by atoms with E-state index in [1.54, 1.807) is 6.07 Å². The van der Waals surface area contributed by atoms with E-state index in [-0.39, 0.29) is 25.7 Å². The molecule has 8 rings (SSSR count). The Balaban J connectivity index is 0.000000194. The molecule has 4 heteroatoms. The van der Waals surface area contributed by atoms with Crippen LogP contribution in [0.1, 0.15) is 38.8 Å². The van der Waals surface area contributed by atoms with Crippen LogP contribution in [0.4, 0.5) is 0 Å². The van der Waals surface area contributed by atoms with Gasteiger partial charge in [0.2, 0.25) is 0 Å². The average molecular weight is 857 g/mol. The van der Waals surface area contributed by atoms with E-state index in [9.17, 15) is 0 Å². The van der Waals surface area contributed by atoms with Gasteiger partial charge in [-0.1, -0.05) is 130 Å². The first kappa shape index (κ1) is 30.2. The van der Waals surface area contributed by atoms with Gasteiger partial charge in [-0.05, 0) is 64.0 Å². The van der Waals surface area contributed by atoms with Crippen molar-refractivity contribution in [3.8, 4) is 50.6 Å². The molecule has 0 aliphatic rings. The third-order valence-electron chi connectivity index (χ3n) is 8.34.